The van der Waals surface area contributed by atoms with Crippen LogP contribution >= 0.6 is 11.8 Å². The minimum absolute atomic E-state index is 0.638. The molecule has 0 radical (unpaired) electrons. The molecule has 0 saturated heterocycles. The molecule has 0 fully saturated rings. The molecule has 0 aliphatic rings. The number of hydrogen-bond acceptors (Lipinski definition) is 2. The van der Waals surface area contributed by atoms with Crippen molar-refractivity contribution in [3.05, 3.63) is 35.4 Å². The Labute approximate surface area is 97.4 Å². The van der Waals surface area contributed by atoms with Crippen molar-refractivity contribution in [2.24, 2.45) is 11.7 Å². The minimum Gasteiger partial charge on any atom is -0.330 e. The molecule has 2 heteroatoms. The molecule has 0 aliphatic heterocycles. The van der Waals surface area contributed by atoms with Crippen molar-refractivity contribution < 1.29 is 0 Å². The maximum absolute atomic E-state index is 5.80. The molecule has 0 aromatic heterocycles. The fraction of sp³-hybridized carbons (Fsp3) is 0.538. The number of nitrogens with two attached hydrogens (primary N) is 1. The van der Waals surface area contributed by atoms with Crippen LogP contribution in [0.15, 0.2) is 24.3 Å². The Kier molecular flexibility index (Phi) is 5.81. The summed E-state index contributed by atoms with van der Waals surface area (Å²) in [5, 5.41) is 0. The first-order chi connectivity index (χ1) is 7.27. The van der Waals surface area contributed by atoms with Gasteiger partial charge < -0.3 is 5.73 Å². The van der Waals surface area contributed by atoms with Crippen LogP contribution in [0, 0.1) is 12.8 Å². The van der Waals surface area contributed by atoms with Crippen molar-refractivity contribution in [3.63, 3.8) is 0 Å². The van der Waals surface area contributed by atoms with Crippen LogP contribution in [0.5, 0.6) is 0 Å². The summed E-state index contributed by atoms with van der Waals surface area (Å²) < 4.78 is 0. The zero-order chi connectivity index (χ0) is 11.1. The average Bonchev–Trinajstić information content (AvgIpc) is 2.26. The molecule has 0 bridgehead atoms. The van der Waals surface area contributed by atoms with Gasteiger partial charge in [0.25, 0.3) is 0 Å². The number of benzene rings is 1. The van der Waals surface area contributed by atoms with Gasteiger partial charge in [-0.2, -0.15) is 11.8 Å². The molecule has 0 saturated carbocycles. The molecule has 0 spiro atoms. The van der Waals surface area contributed by atoms with Crippen LogP contribution in [0.2, 0.25) is 0 Å². The Morgan fingerprint density at radius 3 is 2.67 bits per heavy atom. The normalized spacial score (nSPS) is 12.7. The summed E-state index contributed by atoms with van der Waals surface area (Å²) in [5.41, 5.74) is 8.64. The zero-order valence-corrected chi connectivity index (χ0v) is 10.5. The number of rotatable bonds is 6. The predicted octanol–water partition coefficient (Wildman–Crippen LogP) is 2.87. The summed E-state index contributed by atoms with van der Waals surface area (Å²) in [7, 11) is 0. The molecule has 1 atom stereocenters. The van der Waals surface area contributed by atoms with E-state index in [9.17, 15) is 0 Å². The third kappa shape index (κ3) is 4.27. The van der Waals surface area contributed by atoms with E-state index in [1.165, 1.54) is 23.3 Å². The highest BCUT2D eigenvalue weighted by molar-refractivity contribution is 7.98. The summed E-state index contributed by atoms with van der Waals surface area (Å²) in [6.45, 7) is 2.98. The van der Waals surface area contributed by atoms with E-state index in [0.29, 0.717) is 5.92 Å². The minimum atomic E-state index is 0.638. The lowest BCUT2D eigenvalue weighted by atomic mass is 9.94. The smallest absolute Gasteiger partial charge is 0.00454 e. The molecule has 1 aromatic rings. The maximum Gasteiger partial charge on any atom is -0.00454 e. The third-order valence-corrected chi connectivity index (χ3v) is 3.48. The standard InChI is InChI=1S/C13H21NS/c1-11-5-3-4-6-13(11)9-12(10-14)7-8-15-2/h3-6,12H,7-10,14H2,1-2H3. The molecule has 1 aromatic carbocycles. The fourth-order valence-electron chi connectivity index (χ4n) is 1.74. The Morgan fingerprint density at radius 2 is 2.07 bits per heavy atom. The van der Waals surface area contributed by atoms with Crippen LogP contribution in [-0.4, -0.2) is 18.6 Å². The van der Waals surface area contributed by atoms with Gasteiger partial charge >= 0.3 is 0 Å². The second kappa shape index (κ2) is 6.91. The molecule has 15 heavy (non-hydrogen) atoms. The lowest BCUT2D eigenvalue weighted by Gasteiger charge is -2.15. The molecule has 1 nitrogen and oxygen atoms in total. The van der Waals surface area contributed by atoms with Crippen LogP contribution in [0.25, 0.3) is 0 Å². The largest absolute Gasteiger partial charge is 0.330 e. The summed E-state index contributed by atoms with van der Waals surface area (Å²) in [6.07, 6.45) is 4.51. The van der Waals surface area contributed by atoms with Gasteiger partial charge in [0, 0.05) is 0 Å². The topological polar surface area (TPSA) is 26.0 Å². The van der Waals surface area contributed by atoms with E-state index in [1.807, 2.05) is 11.8 Å². The van der Waals surface area contributed by atoms with Gasteiger partial charge in [-0.05, 0) is 55.4 Å². The van der Waals surface area contributed by atoms with Gasteiger partial charge in [-0.25, -0.2) is 0 Å². The van der Waals surface area contributed by atoms with Crippen molar-refractivity contribution in [1.29, 1.82) is 0 Å². The van der Waals surface area contributed by atoms with E-state index >= 15 is 0 Å². The lowest BCUT2D eigenvalue weighted by molar-refractivity contribution is 0.522. The van der Waals surface area contributed by atoms with Crippen molar-refractivity contribution >= 4 is 11.8 Å². The van der Waals surface area contributed by atoms with Gasteiger partial charge in [-0.3, -0.25) is 0 Å². The molecule has 1 rings (SSSR count). The molecule has 1 unspecified atom stereocenters. The molecule has 0 amide bonds. The monoisotopic (exact) mass is 223 g/mol. The number of thioether (sulfide) groups is 1. The quantitative estimate of drug-likeness (QED) is 0.802. The predicted molar refractivity (Wildman–Crippen MR) is 70.4 cm³/mol. The zero-order valence-electron chi connectivity index (χ0n) is 9.70. The molecule has 0 aliphatic carbocycles. The highest BCUT2D eigenvalue weighted by Crippen LogP contribution is 2.16. The van der Waals surface area contributed by atoms with E-state index in [-0.39, 0.29) is 0 Å². The first-order valence-corrected chi connectivity index (χ1v) is 6.90. The molecule has 2 N–H and O–H groups in total. The van der Waals surface area contributed by atoms with E-state index in [2.05, 4.69) is 37.4 Å². The molecule has 84 valence electrons. The van der Waals surface area contributed by atoms with E-state index < -0.39 is 0 Å². The van der Waals surface area contributed by atoms with Crippen molar-refractivity contribution in [1.82, 2.24) is 0 Å². The Hall–Kier alpha value is -0.470. The average molecular weight is 223 g/mol. The summed E-state index contributed by atoms with van der Waals surface area (Å²) in [4.78, 5) is 0. The second-order valence-electron chi connectivity index (χ2n) is 4.01. The van der Waals surface area contributed by atoms with Gasteiger partial charge in [-0.1, -0.05) is 24.3 Å². The van der Waals surface area contributed by atoms with Gasteiger partial charge in [0.05, 0.1) is 0 Å². The highest BCUT2D eigenvalue weighted by Gasteiger charge is 2.08. The van der Waals surface area contributed by atoms with Crippen molar-refractivity contribution in [2.75, 3.05) is 18.6 Å². The first kappa shape index (κ1) is 12.6. The van der Waals surface area contributed by atoms with Crippen LogP contribution in [0.1, 0.15) is 17.5 Å². The SMILES string of the molecule is CSCCC(CN)Cc1ccccc1C. The molecular formula is C13H21NS. The summed E-state index contributed by atoms with van der Waals surface area (Å²) in [5.74, 6) is 1.85. The first-order valence-electron chi connectivity index (χ1n) is 5.51. The van der Waals surface area contributed by atoms with Gasteiger partial charge in [0.1, 0.15) is 0 Å². The van der Waals surface area contributed by atoms with E-state index in [0.717, 1.165) is 13.0 Å². The van der Waals surface area contributed by atoms with Crippen LogP contribution in [-0.2, 0) is 6.42 Å². The van der Waals surface area contributed by atoms with E-state index in [4.69, 9.17) is 5.73 Å². The third-order valence-electron chi connectivity index (χ3n) is 2.83. The van der Waals surface area contributed by atoms with E-state index in [1.54, 1.807) is 0 Å². The highest BCUT2D eigenvalue weighted by atomic mass is 32.2. The van der Waals surface area contributed by atoms with Crippen LogP contribution in [0.3, 0.4) is 0 Å². The van der Waals surface area contributed by atoms with Gasteiger partial charge in [0.15, 0.2) is 0 Å². The van der Waals surface area contributed by atoms with Crippen molar-refractivity contribution in [3.8, 4) is 0 Å². The maximum atomic E-state index is 5.80. The van der Waals surface area contributed by atoms with Gasteiger partial charge in [0.2, 0.25) is 0 Å². The van der Waals surface area contributed by atoms with Gasteiger partial charge in [-0.15, -0.1) is 0 Å². The molecular weight excluding hydrogens is 202 g/mol. The summed E-state index contributed by atoms with van der Waals surface area (Å²) >= 11 is 1.90. The number of hydrogen-bond donors (Lipinski definition) is 1. The Bertz CT molecular complexity index is 286. The fourth-order valence-corrected chi connectivity index (χ4v) is 2.31. The lowest BCUT2D eigenvalue weighted by Crippen LogP contribution is -2.18. The van der Waals surface area contributed by atoms with Crippen molar-refractivity contribution in [2.45, 2.75) is 19.8 Å². The van der Waals surface area contributed by atoms with Crippen LogP contribution in [0.4, 0.5) is 0 Å². The number of aryl methyl sites for hydroxylation is 1. The second-order valence-corrected chi connectivity index (χ2v) is 5.00. The Morgan fingerprint density at radius 1 is 1.33 bits per heavy atom. The Balaban J connectivity index is 2.54. The van der Waals surface area contributed by atoms with Crippen LogP contribution < -0.4 is 5.73 Å². The molecule has 0 heterocycles. The summed E-state index contributed by atoms with van der Waals surface area (Å²) in [6, 6.07) is 8.61.